The Labute approximate surface area is 617 Å². The molecule has 0 bridgehead atoms. The molecule has 0 aromatic heterocycles. The van der Waals surface area contributed by atoms with Crippen molar-refractivity contribution in [1.29, 1.82) is 0 Å². The van der Waals surface area contributed by atoms with E-state index in [9.17, 15) is 0 Å². The molecule has 0 N–H and O–H groups in total. The van der Waals surface area contributed by atoms with E-state index in [1.807, 2.05) is 0 Å². The molecule has 12 atom stereocenters. The van der Waals surface area contributed by atoms with E-state index in [1.165, 1.54) is 265 Å². The molecule has 0 amide bonds. The Morgan fingerprint density at radius 2 is 0.222 bits per heavy atom. The van der Waals surface area contributed by atoms with E-state index in [-0.39, 0.29) is 102 Å². The molecule has 0 aromatic carbocycles. The molecule has 0 nitrogen and oxygen atoms in total. The molecule has 0 spiro atoms. The Balaban J connectivity index is 0.000000533. The van der Waals surface area contributed by atoms with Crippen molar-refractivity contribution in [2.24, 2.45) is 71.0 Å². The fourth-order valence-corrected chi connectivity index (χ4v) is 15.6. The zero-order chi connectivity index (χ0) is 58.8. The van der Waals surface area contributed by atoms with E-state index in [2.05, 4.69) is 185 Å². The third-order valence-electron chi connectivity index (χ3n) is 21.5. The molecule has 12 aliphatic carbocycles. The smallest absolute Gasteiger partial charge is 0.0166 e. The van der Waals surface area contributed by atoms with Gasteiger partial charge in [0.25, 0.3) is 0 Å². The minimum Gasteiger partial charge on any atom is -0.114 e. The molecule has 12 rings (SSSR count). The summed E-state index contributed by atoms with van der Waals surface area (Å²) in [5.74, 6) is 9.29. The summed E-state index contributed by atoms with van der Waals surface area (Å²) in [6.45, 7) is 26.0. The second-order valence-corrected chi connectivity index (χ2v) is 27.2. The molecule has 6 heteroatoms. The van der Waals surface area contributed by atoms with Gasteiger partial charge in [-0.15, -0.1) is 102 Å². The summed E-state index contributed by atoms with van der Waals surface area (Å²) in [5.41, 5.74) is 9.16. The quantitative estimate of drug-likeness (QED) is 0.171. The number of hydrogen-bond donors (Lipinski definition) is 0. The summed E-state index contributed by atoms with van der Waals surface area (Å²) in [5, 5.41) is 0. The molecule has 0 saturated carbocycles. The van der Waals surface area contributed by atoms with E-state index in [0.717, 1.165) is 71.0 Å². The van der Waals surface area contributed by atoms with E-state index >= 15 is 0 Å². The van der Waals surface area contributed by atoms with Crippen LogP contribution < -0.4 is 0 Å². The van der Waals surface area contributed by atoms with Crippen molar-refractivity contribution in [2.45, 2.75) is 231 Å². The van der Waals surface area contributed by atoms with Crippen LogP contribution >= 0.6 is 102 Å². The average Bonchev–Trinajstić information content (AvgIpc) is 3.41. The minimum atomic E-state index is 0. The van der Waals surface area contributed by atoms with Crippen LogP contribution in [0.3, 0.4) is 0 Å². The molecule has 0 radical (unpaired) electrons. The average molecular weight is 1620 g/mol. The van der Waals surface area contributed by atoms with E-state index in [1.54, 1.807) is 0 Å². The summed E-state index contributed by atoms with van der Waals surface area (Å²) < 4.78 is 0. The second-order valence-electron chi connectivity index (χ2n) is 27.2. The van der Waals surface area contributed by atoms with Crippen LogP contribution in [0.4, 0.5) is 0 Å². The molecule has 0 fully saturated rings. The highest BCUT2D eigenvalue weighted by molar-refractivity contribution is 8.93. The number of halogens is 6. The largest absolute Gasteiger partial charge is 0.114 e. The summed E-state index contributed by atoms with van der Waals surface area (Å²) in [7, 11) is 0. The number of hydrogen-bond acceptors (Lipinski definition) is 0. The lowest BCUT2D eigenvalue weighted by Crippen LogP contribution is -2.14. The van der Waals surface area contributed by atoms with E-state index in [0.29, 0.717) is 0 Å². The van der Waals surface area contributed by atoms with Gasteiger partial charge < -0.3 is 0 Å². The maximum absolute atomic E-state index is 4.33. The van der Waals surface area contributed by atoms with Gasteiger partial charge in [-0.3, -0.25) is 0 Å². The van der Waals surface area contributed by atoms with Gasteiger partial charge in [-0.05, 0) is 302 Å². The lowest BCUT2D eigenvalue weighted by atomic mass is 9.77. The number of allylic oxidation sites excluding steroid dienone is 30. The molecular weight excluding hydrogens is 1490 g/mol. The molecule has 0 heterocycles. The van der Waals surface area contributed by atoms with Gasteiger partial charge in [0.2, 0.25) is 0 Å². The first kappa shape index (κ1) is 86.2. The first-order valence-corrected chi connectivity index (χ1v) is 35.2. The van der Waals surface area contributed by atoms with Crippen molar-refractivity contribution in [3.05, 3.63) is 219 Å². The normalized spacial score (nSPS) is 29.6. The fraction of sp³-hybridized carbons (Fsp3) is 0.571. The molecule has 12 unspecified atom stereocenters. The van der Waals surface area contributed by atoms with Crippen molar-refractivity contribution >= 4 is 102 Å². The maximum Gasteiger partial charge on any atom is -0.0166 e. The Kier molecular flexibility index (Phi) is 49.3. The maximum atomic E-state index is 4.33. The first-order chi connectivity index (χ1) is 41.3. The molecule has 0 saturated heterocycles. The Morgan fingerprint density at radius 3 is 0.278 bits per heavy atom. The van der Waals surface area contributed by atoms with Crippen LogP contribution in [0, 0.1) is 71.0 Å². The van der Waals surface area contributed by atoms with Gasteiger partial charge >= 0.3 is 0 Å². The monoisotopic (exact) mass is 1610 g/mol. The predicted octanol–water partition coefficient (Wildman–Crippen LogP) is 29.0. The summed E-state index contributed by atoms with van der Waals surface area (Å²) in [6, 6.07) is 0. The Morgan fingerprint density at radius 1 is 0.144 bits per heavy atom. The van der Waals surface area contributed by atoms with Gasteiger partial charge in [0.1, 0.15) is 0 Å². The lowest BCUT2D eigenvalue weighted by Gasteiger charge is -2.28. The highest BCUT2D eigenvalue weighted by atomic mass is 79.9. The predicted molar refractivity (Wildman–Crippen MR) is 435 cm³/mol. The van der Waals surface area contributed by atoms with Gasteiger partial charge in [-0.2, -0.15) is 0 Å². The van der Waals surface area contributed by atoms with E-state index in [4.69, 9.17) is 0 Å². The molecule has 0 aliphatic heterocycles. The SMILES string of the molecule is Br.Br.Br.Br.Br.Br.C=C(C1CC=CCC1)C1CC=CCC1.C=C(C1CC=CCC1)C1CC=CCC1.C=C(C1CC=CCC1)C1CC=CCC1.C=C(C1CC=CCC1)C1CC=CCC1.C=C(C1CC=CCC1)C1CC=CCC1.C=C(C1CC=CCC1)C1CC=CCC1. The van der Waals surface area contributed by atoms with Crippen molar-refractivity contribution in [3.8, 4) is 0 Å². The van der Waals surface area contributed by atoms with Crippen molar-refractivity contribution < 1.29 is 0 Å². The fourth-order valence-electron chi connectivity index (χ4n) is 15.6. The van der Waals surface area contributed by atoms with Crippen LogP contribution in [-0.4, -0.2) is 0 Å². The minimum absolute atomic E-state index is 0. The zero-order valence-electron chi connectivity index (χ0n) is 55.9. The van der Waals surface area contributed by atoms with Gasteiger partial charge in [-0.25, -0.2) is 0 Å². The Hall–Kier alpha value is -1.80. The molecule has 0 aromatic rings. The highest BCUT2D eigenvalue weighted by Crippen LogP contribution is 2.40. The second kappa shape index (κ2) is 51.5. The summed E-state index contributed by atoms with van der Waals surface area (Å²) in [4.78, 5) is 0. The topological polar surface area (TPSA) is 0 Å². The van der Waals surface area contributed by atoms with Crippen LogP contribution in [0.2, 0.25) is 0 Å². The highest BCUT2D eigenvalue weighted by Gasteiger charge is 2.27. The third-order valence-corrected chi connectivity index (χ3v) is 21.5. The molecule has 12 aliphatic rings. The van der Waals surface area contributed by atoms with Crippen LogP contribution in [0.15, 0.2) is 219 Å². The summed E-state index contributed by atoms with van der Waals surface area (Å²) in [6.07, 6.45) is 102. The van der Waals surface area contributed by atoms with Gasteiger partial charge in [0.05, 0.1) is 0 Å². The molecular formula is C84H126Br6. The molecule has 504 valence electrons. The van der Waals surface area contributed by atoms with Crippen LogP contribution in [0.5, 0.6) is 0 Å². The third kappa shape index (κ3) is 30.9. The first-order valence-electron chi connectivity index (χ1n) is 35.2. The lowest BCUT2D eigenvalue weighted by molar-refractivity contribution is 0.446. The summed E-state index contributed by atoms with van der Waals surface area (Å²) >= 11 is 0. The van der Waals surface area contributed by atoms with Crippen molar-refractivity contribution in [2.75, 3.05) is 0 Å². The zero-order valence-corrected chi connectivity index (χ0v) is 66.2. The van der Waals surface area contributed by atoms with Crippen LogP contribution in [-0.2, 0) is 0 Å². The van der Waals surface area contributed by atoms with E-state index < -0.39 is 0 Å². The Bertz CT molecular complexity index is 1850. The van der Waals surface area contributed by atoms with Gasteiger partial charge in [0.15, 0.2) is 0 Å². The molecule has 90 heavy (non-hydrogen) atoms. The van der Waals surface area contributed by atoms with Crippen molar-refractivity contribution in [1.82, 2.24) is 0 Å². The standard InChI is InChI=1S/6C14H20.6BrH/c6*1-12(13-8-4-2-5-9-13)14-10-6-3-7-11-14;;;;;;/h6*2-4,6,13-14H,1,5,7-11H2;6*1H. The van der Waals surface area contributed by atoms with Crippen LogP contribution in [0.1, 0.15) is 231 Å². The number of rotatable bonds is 12. The van der Waals surface area contributed by atoms with Gasteiger partial charge in [0, 0.05) is 0 Å². The van der Waals surface area contributed by atoms with Crippen molar-refractivity contribution in [3.63, 3.8) is 0 Å². The van der Waals surface area contributed by atoms with Crippen LogP contribution in [0.25, 0.3) is 0 Å². The van der Waals surface area contributed by atoms with Gasteiger partial charge in [-0.1, -0.05) is 219 Å².